The highest BCUT2D eigenvalue weighted by Crippen LogP contribution is 2.07. The zero-order valence-corrected chi connectivity index (χ0v) is 8.20. The molecule has 70 valence electrons. The molecule has 0 atom stereocenters. The number of phenols is 1. The standard InChI is InChI=1S/C7H8O.C2H6.CH4O/c1-6-2-4-7(8)5-3-6;2*1-2/h2-5,8H,1H3;1-2H3;2H,1H3. The first-order chi connectivity index (χ1) is 5.79. The smallest absolute Gasteiger partial charge is 0.115 e. The van der Waals surface area contributed by atoms with Crippen LogP contribution in [0.3, 0.4) is 0 Å². The normalized spacial score (nSPS) is 7.08. The Morgan fingerprint density at radius 3 is 1.50 bits per heavy atom. The van der Waals surface area contributed by atoms with Crippen LogP contribution >= 0.6 is 0 Å². The van der Waals surface area contributed by atoms with Gasteiger partial charge >= 0.3 is 0 Å². The van der Waals surface area contributed by atoms with E-state index in [1.807, 2.05) is 32.9 Å². The number of aliphatic hydroxyl groups excluding tert-OH is 1. The number of rotatable bonds is 0. The SMILES string of the molecule is CC.CO.Cc1ccc(O)cc1. The van der Waals surface area contributed by atoms with Crippen LogP contribution in [0.4, 0.5) is 0 Å². The lowest BCUT2D eigenvalue weighted by Gasteiger charge is -1.89. The number of hydrogen-bond acceptors (Lipinski definition) is 2. The Bertz CT molecular complexity index is 147. The van der Waals surface area contributed by atoms with Crippen LogP contribution in [-0.2, 0) is 0 Å². The van der Waals surface area contributed by atoms with Crippen molar-refractivity contribution in [1.29, 1.82) is 0 Å². The monoisotopic (exact) mass is 170 g/mol. The van der Waals surface area contributed by atoms with Crippen LogP contribution in [0.1, 0.15) is 19.4 Å². The molecule has 2 nitrogen and oxygen atoms in total. The number of aliphatic hydroxyl groups is 1. The number of phenolic OH excluding ortho intramolecular Hbond substituents is 1. The van der Waals surface area contributed by atoms with E-state index < -0.39 is 0 Å². The first kappa shape index (κ1) is 13.6. The zero-order valence-electron chi connectivity index (χ0n) is 8.20. The van der Waals surface area contributed by atoms with Crippen LogP contribution in [0.15, 0.2) is 24.3 Å². The van der Waals surface area contributed by atoms with Gasteiger partial charge in [-0.15, -0.1) is 0 Å². The third-order valence-corrected chi connectivity index (χ3v) is 1.03. The Balaban J connectivity index is 0. The average Bonchev–Trinajstić information content (AvgIpc) is 2.17. The number of aromatic hydroxyl groups is 1. The van der Waals surface area contributed by atoms with Gasteiger partial charge in [0.25, 0.3) is 0 Å². The maximum atomic E-state index is 8.76. The van der Waals surface area contributed by atoms with Gasteiger partial charge < -0.3 is 10.2 Å². The lowest BCUT2D eigenvalue weighted by molar-refractivity contribution is 0.399. The summed E-state index contributed by atoms with van der Waals surface area (Å²) in [6.45, 7) is 5.99. The van der Waals surface area contributed by atoms with E-state index in [2.05, 4.69) is 0 Å². The predicted octanol–water partition coefficient (Wildman–Crippen LogP) is 2.34. The molecular weight excluding hydrogens is 152 g/mol. The van der Waals surface area contributed by atoms with Gasteiger partial charge in [-0.3, -0.25) is 0 Å². The van der Waals surface area contributed by atoms with E-state index in [-0.39, 0.29) is 0 Å². The summed E-state index contributed by atoms with van der Waals surface area (Å²) in [5, 5.41) is 15.8. The largest absolute Gasteiger partial charge is 0.508 e. The molecule has 12 heavy (non-hydrogen) atoms. The summed E-state index contributed by atoms with van der Waals surface area (Å²) >= 11 is 0. The van der Waals surface area contributed by atoms with Gasteiger partial charge in [-0.2, -0.15) is 0 Å². The van der Waals surface area contributed by atoms with Gasteiger partial charge in [-0.25, -0.2) is 0 Å². The molecule has 0 bridgehead atoms. The third-order valence-electron chi connectivity index (χ3n) is 1.03. The predicted molar refractivity (Wildman–Crippen MR) is 52.3 cm³/mol. The van der Waals surface area contributed by atoms with Crippen molar-refractivity contribution in [2.75, 3.05) is 7.11 Å². The highest BCUT2D eigenvalue weighted by atomic mass is 16.3. The Morgan fingerprint density at radius 1 is 0.917 bits per heavy atom. The van der Waals surface area contributed by atoms with Gasteiger partial charge in [0.2, 0.25) is 0 Å². The Hall–Kier alpha value is -1.02. The van der Waals surface area contributed by atoms with Gasteiger partial charge in [-0.05, 0) is 19.1 Å². The maximum absolute atomic E-state index is 8.76. The lowest BCUT2D eigenvalue weighted by atomic mass is 10.2. The van der Waals surface area contributed by atoms with Crippen LogP contribution in [0, 0.1) is 6.92 Å². The molecule has 0 saturated heterocycles. The summed E-state index contributed by atoms with van der Waals surface area (Å²) < 4.78 is 0. The van der Waals surface area contributed by atoms with Gasteiger partial charge in [0.1, 0.15) is 5.75 Å². The highest BCUT2D eigenvalue weighted by molar-refractivity contribution is 5.24. The molecule has 2 heteroatoms. The van der Waals surface area contributed by atoms with E-state index in [1.165, 1.54) is 5.56 Å². The van der Waals surface area contributed by atoms with Crippen LogP contribution < -0.4 is 0 Å². The molecule has 2 N–H and O–H groups in total. The summed E-state index contributed by atoms with van der Waals surface area (Å²) in [5.74, 6) is 0.329. The molecule has 0 spiro atoms. The molecule has 0 heterocycles. The molecule has 0 saturated carbocycles. The number of hydrogen-bond donors (Lipinski definition) is 2. The second-order valence-corrected chi connectivity index (χ2v) is 1.84. The Kier molecular flexibility index (Phi) is 11.3. The topological polar surface area (TPSA) is 40.5 Å². The average molecular weight is 170 g/mol. The van der Waals surface area contributed by atoms with E-state index in [0.29, 0.717) is 5.75 Å². The third kappa shape index (κ3) is 7.09. The van der Waals surface area contributed by atoms with E-state index >= 15 is 0 Å². The molecule has 1 aromatic rings. The van der Waals surface area contributed by atoms with Crippen LogP contribution in [-0.4, -0.2) is 17.3 Å². The van der Waals surface area contributed by atoms with Gasteiger partial charge in [0.05, 0.1) is 0 Å². The molecule has 1 aromatic carbocycles. The fourth-order valence-corrected chi connectivity index (χ4v) is 0.545. The van der Waals surface area contributed by atoms with E-state index in [1.54, 1.807) is 12.1 Å². The van der Waals surface area contributed by atoms with Crippen molar-refractivity contribution in [3.63, 3.8) is 0 Å². The quantitative estimate of drug-likeness (QED) is 0.627. The Morgan fingerprint density at radius 2 is 1.25 bits per heavy atom. The van der Waals surface area contributed by atoms with Crippen LogP contribution in [0.25, 0.3) is 0 Å². The Labute approximate surface area is 74.5 Å². The molecule has 0 aliphatic carbocycles. The van der Waals surface area contributed by atoms with Crippen molar-refractivity contribution in [3.05, 3.63) is 29.8 Å². The fraction of sp³-hybridized carbons (Fsp3) is 0.400. The minimum Gasteiger partial charge on any atom is -0.508 e. The minimum absolute atomic E-state index is 0.329. The van der Waals surface area contributed by atoms with Crippen molar-refractivity contribution in [2.24, 2.45) is 0 Å². The fourth-order valence-electron chi connectivity index (χ4n) is 0.545. The molecule has 1 rings (SSSR count). The summed E-state index contributed by atoms with van der Waals surface area (Å²) in [6, 6.07) is 7.09. The molecule has 0 aliphatic heterocycles. The number of aryl methyl sites for hydroxylation is 1. The van der Waals surface area contributed by atoms with Crippen molar-refractivity contribution in [2.45, 2.75) is 20.8 Å². The molecule has 0 radical (unpaired) electrons. The lowest BCUT2D eigenvalue weighted by Crippen LogP contribution is -1.66. The van der Waals surface area contributed by atoms with Crippen molar-refractivity contribution in [1.82, 2.24) is 0 Å². The van der Waals surface area contributed by atoms with Gasteiger partial charge in [0, 0.05) is 7.11 Å². The van der Waals surface area contributed by atoms with E-state index in [9.17, 15) is 0 Å². The maximum Gasteiger partial charge on any atom is 0.115 e. The molecule has 0 amide bonds. The van der Waals surface area contributed by atoms with Crippen LogP contribution in [0.5, 0.6) is 5.75 Å². The summed E-state index contributed by atoms with van der Waals surface area (Å²) in [6.07, 6.45) is 0. The van der Waals surface area contributed by atoms with Crippen molar-refractivity contribution >= 4 is 0 Å². The summed E-state index contributed by atoms with van der Waals surface area (Å²) in [4.78, 5) is 0. The summed E-state index contributed by atoms with van der Waals surface area (Å²) in [5.41, 5.74) is 1.17. The second-order valence-electron chi connectivity index (χ2n) is 1.84. The highest BCUT2D eigenvalue weighted by Gasteiger charge is 1.82. The molecule has 0 fully saturated rings. The van der Waals surface area contributed by atoms with E-state index in [4.69, 9.17) is 10.2 Å². The zero-order chi connectivity index (χ0) is 9.98. The molecule has 0 aromatic heterocycles. The van der Waals surface area contributed by atoms with Gasteiger partial charge in [-0.1, -0.05) is 31.5 Å². The molecule has 0 aliphatic rings. The first-order valence-corrected chi connectivity index (χ1v) is 3.99. The van der Waals surface area contributed by atoms with Crippen molar-refractivity contribution < 1.29 is 10.2 Å². The van der Waals surface area contributed by atoms with E-state index in [0.717, 1.165) is 7.11 Å². The van der Waals surface area contributed by atoms with Crippen LogP contribution in [0.2, 0.25) is 0 Å². The molecular formula is C10H18O2. The molecule has 0 unspecified atom stereocenters. The summed E-state index contributed by atoms with van der Waals surface area (Å²) in [7, 11) is 1.00. The van der Waals surface area contributed by atoms with Gasteiger partial charge in [0.15, 0.2) is 0 Å². The van der Waals surface area contributed by atoms with Crippen molar-refractivity contribution in [3.8, 4) is 5.75 Å². The first-order valence-electron chi connectivity index (χ1n) is 3.99. The second kappa shape index (κ2) is 9.98. The minimum atomic E-state index is 0.329. The number of benzene rings is 1.